The number of nitrogens with one attached hydrogen (secondary N) is 1. The molecule has 2 nitrogen and oxygen atoms in total. The van der Waals surface area contributed by atoms with E-state index in [0.717, 1.165) is 22.3 Å². The predicted octanol–water partition coefficient (Wildman–Crippen LogP) is 8.45. The summed E-state index contributed by atoms with van der Waals surface area (Å²) in [4.78, 5) is 6.95. The summed E-state index contributed by atoms with van der Waals surface area (Å²) in [6.07, 6.45) is 0. The van der Waals surface area contributed by atoms with Gasteiger partial charge in [0.1, 0.15) is 0 Å². The molecule has 0 fully saturated rings. The van der Waals surface area contributed by atoms with E-state index in [1.165, 1.54) is 12.1 Å². The Bertz CT molecular complexity index is 1410. The van der Waals surface area contributed by atoms with Gasteiger partial charge in [0.05, 0.1) is 16.1 Å². The minimum absolute atomic E-state index is 0.145. The normalized spacial score (nSPS) is 11.8. The van der Waals surface area contributed by atoms with Crippen molar-refractivity contribution in [3.05, 3.63) is 112 Å². The van der Waals surface area contributed by atoms with Gasteiger partial charge in [-0.25, -0.2) is 4.98 Å². The largest absolute Gasteiger partial charge is 0.337 e. The molecule has 1 aromatic heterocycles. The van der Waals surface area contributed by atoms with E-state index in [4.69, 9.17) is 11.6 Å². The van der Waals surface area contributed by atoms with Crippen LogP contribution in [0.5, 0.6) is 0 Å². The van der Waals surface area contributed by atoms with Gasteiger partial charge in [-0.05, 0) is 41.0 Å². The van der Waals surface area contributed by atoms with Crippen LogP contribution >= 0.6 is 27.5 Å². The molecule has 5 aromatic rings. The smallest absolute Gasteiger partial charge is 0.329 e. The molecule has 0 radical (unpaired) electrons. The van der Waals surface area contributed by atoms with E-state index in [2.05, 4.69) is 25.9 Å². The van der Waals surface area contributed by atoms with Crippen molar-refractivity contribution in [2.45, 2.75) is 5.92 Å². The number of imidazole rings is 1. The molecule has 4 aromatic carbocycles. The summed E-state index contributed by atoms with van der Waals surface area (Å²) in [7, 11) is 0. The summed E-state index contributed by atoms with van der Waals surface area (Å²) in [6, 6.07) is 27.5. The molecular weight excluding hydrogens is 494 g/mol. The van der Waals surface area contributed by atoms with Gasteiger partial charge in [0.2, 0.25) is 0 Å². The Morgan fingerprint density at radius 1 is 0.781 bits per heavy atom. The van der Waals surface area contributed by atoms with Crippen molar-refractivity contribution in [1.82, 2.24) is 9.97 Å². The summed E-state index contributed by atoms with van der Waals surface area (Å²) in [6.45, 7) is 0. The fourth-order valence-corrected chi connectivity index (χ4v) is 4.37. The van der Waals surface area contributed by atoms with E-state index < -0.39 is 11.7 Å². The molecule has 158 valence electrons. The second kappa shape index (κ2) is 8.15. The molecule has 1 N–H and O–H groups in total. The number of benzene rings is 4. The first kappa shape index (κ1) is 20.9. The van der Waals surface area contributed by atoms with Crippen molar-refractivity contribution in [2.75, 3.05) is 0 Å². The highest BCUT2D eigenvalue weighted by molar-refractivity contribution is 9.10. The maximum absolute atomic E-state index is 15.1. The van der Waals surface area contributed by atoms with E-state index in [1.54, 1.807) is 24.3 Å². The number of H-pyrrole nitrogens is 1. The zero-order chi connectivity index (χ0) is 22.3. The lowest BCUT2D eigenvalue weighted by molar-refractivity contribution is 0.0340. The number of alkyl halides is 2. The summed E-state index contributed by atoms with van der Waals surface area (Å²) < 4.78 is 30.8. The number of halogens is 4. The van der Waals surface area contributed by atoms with Gasteiger partial charge in [-0.15, -0.1) is 0 Å². The van der Waals surface area contributed by atoms with E-state index in [0.29, 0.717) is 20.5 Å². The average Bonchev–Trinajstić information content (AvgIpc) is 3.23. The molecule has 0 aliphatic carbocycles. The van der Waals surface area contributed by atoms with Crippen LogP contribution in [0.15, 0.2) is 95.5 Å². The number of rotatable bonds is 4. The number of hydrogen-bond donors (Lipinski definition) is 1. The monoisotopic (exact) mass is 508 g/mol. The molecule has 0 amide bonds. The van der Waals surface area contributed by atoms with Crippen LogP contribution in [-0.4, -0.2) is 9.97 Å². The number of aromatic nitrogens is 2. The van der Waals surface area contributed by atoms with Crippen LogP contribution in [-0.2, 0) is 5.92 Å². The Kier molecular flexibility index (Phi) is 5.31. The first-order chi connectivity index (χ1) is 15.4. The molecule has 0 spiro atoms. The van der Waals surface area contributed by atoms with Crippen LogP contribution in [0.4, 0.5) is 8.78 Å². The summed E-state index contributed by atoms with van der Waals surface area (Å²) in [5.41, 5.74) is 4.58. The third kappa shape index (κ3) is 3.83. The van der Waals surface area contributed by atoms with Crippen LogP contribution in [0.3, 0.4) is 0 Å². The minimum atomic E-state index is -3.27. The maximum atomic E-state index is 15.1. The van der Waals surface area contributed by atoms with Crippen molar-refractivity contribution in [3.8, 4) is 22.3 Å². The maximum Gasteiger partial charge on any atom is 0.329 e. The van der Waals surface area contributed by atoms with Crippen molar-refractivity contribution >= 4 is 38.6 Å². The van der Waals surface area contributed by atoms with Gasteiger partial charge in [-0.1, -0.05) is 94.3 Å². The highest BCUT2D eigenvalue weighted by Gasteiger charge is 2.37. The zero-order valence-electron chi connectivity index (χ0n) is 16.6. The molecular formula is C26H16BrClF2N2. The second-order valence-corrected chi connectivity index (χ2v) is 8.79. The third-order valence-corrected chi connectivity index (χ3v) is 6.16. The van der Waals surface area contributed by atoms with Gasteiger partial charge in [0.25, 0.3) is 0 Å². The number of hydrogen-bond acceptors (Lipinski definition) is 1. The predicted molar refractivity (Wildman–Crippen MR) is 129 cm³/mol. The van der Waals surface area contributed by atoms with Gasteiger partial charge in [-0.2, -0.15) is 8.78 Å². The van der Waals surface area contributed by atoms with Gasteiger partial charge in [-0.3, -0.25) is 0 Å². The average molecular weight is 510 g/mol. The molecule has 0 saturated heterocycles. The van der Waals surface area contributed by atoms with Gasteiger partial charge < -0.3 is 4.98 Å². The first-order valence-corrected chi connectivity index (χ1v) is 11.1. The minimum Gasteiger partial charge on any atom is -0.337 e. The first-order valence-electron chi connectivity index (χ1n) is 9.91. The van der Waals surface area contributed by atoms with E-state index in [9.17, 15) is 0 Å². The fourth-order valence-electron chi connectivity index (χ4n) is 3.69. The lowest BCUT2D eigenvalue weighted by Gasteiger charge is -2.14. The third-order valence-electron chi connectivity index (χ3n) is 5.36. The molecule has 0 bridgehead atoms. The van der Waals surface area contributed by atoms with Crippen molar-refractivity contribution in [2.24, 2.45) is 0 Å². The lowest BCUT2D eigenvalue weighted by Crippen LogP contribution is -2.17. The highest BCUT2D eigenvalue weighted by Crippen LogP contribution is 2.38. The quantitative estimate of drug-likeness (QED) is 0.259. The number of aromatic amines is 1. The van der Waals surface area contributed by atoms with Crippen LogP contribution in [0.2, 0.25) is 5.02 Å². The van der Waals surface area contributed by atoms with Crippen molar-refractivity contribution < 1.29 is 8.78 Å². The lowest BCUT2D eigenvalue weighted by atomic mass is 10.00. The fraction of sp³-hybridized carbons (Fsp3) is 0.0385. The molecule has 0 saturated carbocycles. The molecule has 0 atom stereocenters. The topological polar surface area (TPSA) is 28.7 Å². The van der Waals surface area contributed by atoms with E-state index in [1.807, 2.05) is 54.6 Å². The number of fused-ring (bicyclic) bond motifs is 1. The zero-order valence-corrected chi connectivity index (χ0v) is 19.0. The van der Waals surface area contributed by atoms with Gasteiger partial charge in [0, 0.05) is 15.6 Å². The standard InChI is InChI=1S/C26H16BrClF2N2/c27-20-8-4-7-19(13-20)26(29,30)25-31-23-14-21(22(28)15-24(23)32-25)18-11-9-17(10-12-18)16-5-2-1-3-6-16/h1-15H,(H,31,32). The van der Waals surface area contributed by atoms with E-state index in [-0.39, 0.29) is 5.56 Å². The van der Waals surface area contributed by atoms with Crippen molar-refractivity contribution in [3.63, 3.8) is 0 Å². The second-order valence-electron chi connectivity index (χ2n) is 7.46. The van der Waals surface area contributed by atoms with Gasteiger partial charge >= 0.3 is 5.92 Å². The van der Waals surface area contributed by atoms with Crippen LogP contribution in [0, 0.1) is 0 Å². The molecule has 0 aliphatic rings. The highest BCUT2D eigenvalue weighted by atomic mass is 79.9. The molecule has 1 heterocycles. The Morgan fingerprint density at radius 2 is 1.47 bits per heavy atom. The van der Waals surface area contributed by atoms with Gasteiger partial charge in [0.15, 0.2) is 5.82 Å². The van der Waals surface area contributed by atoms with Crippen molar-refractivity contribution in [1.29, 1.82) is 0 Å². The van der Waals surface area contributed by atoms with Crippen LogP contribution in [0.25, 0.3) is 33.3 Å². The number of nitrogens with zero attached hydrogens (tertiary/aromatic N) is 1. The molecule has 32 heavy (non-hydrogen) atoms. The Balaban J connectivity index is 1.53. The Hall–Kier alpha value is -3.02. The summed E-state index contributed by atoms with van der Waals surface area (Å²) >= 11 is 9.76. The molecule has 0 aliphatic heterocycles. The van der Waals surface area contributed by atoms with Crippen LogP contribution < -0.4 is 0 Å². The summed E-state index contributed by atoms with van der Waals surface area (Å²) in [5.74, 6) is -3.69. The molecule has 0 unspecified atom stereocenters. The van der Waals surface area contributed by atoms with Crippen LogP contribution in [0.1, 0.15) is 11.4 Å². The summed E-state index contributed by atoms with van der Waals surface area (Å²) in [5, 5.41) is 0.464. The molecule has 6 heteroatoms. The van der Waals surface area contributed by atoms with E-state index >= 15 is 8.78 Å². The Labute approximate surface area is 197 Å². The molecule has 5 rings (SSSR count). The SMILES string of the molecule is FC(F)(c1cccc(Br)c1)c1nc2cc(-c3ccc(-c4ccccc4)cc3)c(Cl)cc2[nH]1. The Morgan fingerprint density at radius 3 is 2.19 bits per heavy atom.